The zero-order chi connectivity index (χ0) is 17.7. The van der Waals surface area contributed by atoms with Gasteiger partial charge >= 0.3 is 17.9 Å². The molecule has 0 amide bonds. The highest BCUT2D eigenvalue weighted by Gasteiger charge is 2.41. The van der Waals surface area contributed by atoms with Gasteiger partial charge in [0.25, 0.3) is 0 Å². The molecule has 128 valence electrons. The molecule has 0 spiro atoms. The first-order chi connectivity index (χ1) is 11.4. The van der Waals surface area contributed by atoms with Crippen molar-refractivity contribution in [2.24, 2.45) is 0 Å². The third-order valence-corrected chi connectivity index (χ3v) is 3.34. The van der Waals surface area contributed by atoms with Crippen LogP contribution in [0.15, 0.2) is 42.5 Å². The summed E-state index contributed by atoms with van der Waals surface area (Å²) < 4.78 is 15.3. The largest absolute Gasteiger partial charge is 0.455 e. The van der Waals surface area contributed by atoms with Crippen LogP contribution in [0.3, 0.4) is 0 Å². The summed E-state index contributed by atoms with van der Waals surface area (Å²) in [6, 6.07) is 8.27. The summed E-state index contributed by atoms with van der Waals surface area (Å²) in [6.45, 7) is 2.37. The van der Waals surface area contributed by atoms with Gasteiger partial charge in [0.1, 0.15) is 6.10 Å². The highest BCUT2D eigenvalue weighted by Crippen LogP contribution is 2.23. The Kier molecular flexibility index (Phi) is 5.70. The van der Waals surface area contributed by atoms with Crippen LogP contribution < -0.4 is 0 Å². The topological polar surface area (TPSA) is 99.1 Å². The van der Waals surface area contributed by atoms with Crippen molar-refractivity contribution in [1.29, 1.82) is 0 Å². The molecule has 2 rings (SSSR count). The van der Waals surface area contributed by atoms with E-state index in [1.54, 1.807) is 30.3 Å². The van der Waals surface area contributed by atoms with Gasteiger partial charge in [0, 0.05) is 13.8 Å². The maximum absolute atomic E-state index is 12.1. The lowest BCUT2D eigenvalue weighted by atomic mass is 9.95. The van der Waals surface area contributed by atoms with Crippen LogP contribution in [0.2, 0.25) is 0 Å². The average molecular weight is 334 g/mol. The standard InChI is InChI=1S/C17H18O7/c1-10(18)22-14-9-8-13(15(20)16(14)23-11(2)19)24-17(21)12-6-4-3-5-7-12/h3-9,13-16,20H,1-2H3/t13-,14+,15-,16-/m1/s1. The third-order valence-electron chi connectivity index (χ3n) is 3.34. The van der Waals surface area contributed by atoms with Crippen LogP contribution in [0, 0.1) is 0 Å². The Morgan fingerprint density at radius 3 is 2.04 bits per heavy atom. The van der Waals surface area contributed by atoms with E-state index in [4.69, 9.17) is 14.2 Å². The zero-order valence-electron chi connectivity index (χ0n) is 13.2. The number of carbonyl (C=O) groups excluding carboxylic acids is 3. The van der Waals surface area contributed by atoms with E-state index < -0.39 is 42.3 Å². The molecule has 24 heavy (non-hydrogen) atoms. The van der Waals surface area contributed by atoms with Crippen molar-refractivity contribution in [3.05, 3.63) is 48.0 Å². The minimum absolute atomic E-state index is 0.323. The summed E-state index contributed by atoms with van der Waals surface area (Å²) in [5.41, 5.74) is 0.323. The summed E-state index contributed by atoms with van der Waals surface area (Å²) in [6.07, 6.45) is -1.69. The van der Waals surface area contributed by atoms with E-state index in [1.165, 1.54) is 26.0 Å². The van der Waals surface area contributed by atoms with Gasteiger partial charge in [-0.05, 0) is 24.3 Å². The smallest absolute Gasteiger partial charge is 0.338 e. The van der Waals surface area contributed by atoms with Crippen molar-refractivity contribution in [3.8, 4) is 0 Å². The van der Waals surface area contributed by atoms with E-state index in [9.17, 15) is 19.5 Å². The second-order valence-electron chi connectivity index (χ2n) is 5.26. The van der Waals surface area contributed by atoms with Gasteiger partial charge < -0.3 is 19.3 Å². The summed E-state index contributed by atoms with van der Waals surface area (Å²) in [7, 11) is 0. The monoisotopic (exact) mass is 334 g/mol. The predicted molar refractivity (Wildman–Crippen MR) is 81.9 cm³/mol. The Bertz CT molecular complexity index is 638. The second-order valence-corrected chi connectivity index (χ2v) is 5.26. The fourth-order valence-corrected chi connectivity index (χ4v) is 2.32. The Morgan fingerprint density at radius 1 is 0.875 bits per heavy atom. The fraction of sp³-hybridized carbons (Fsp3) is 0.353. The lowest BCUT2D eigenvalue weighted by Crippen LogP contribution is -2.51. The first-order valence-electron chi connectivity index (χ1n) is 7.35. The van der Waals surface area contributed by atoms with Gasteiger partial charge in [-0.2, -0.15) is 0 Å². The highest BCUT2D eigenvalue weighted by molar-refractivity contribution is 5.89. The molecule has 4 atom stereocenters. The molecule has 0 aromatic heterocycles. The average Bonchev–Trinajstić information content (AvgIpc) is 2.53. The number of esters is 3. The Labute approximate surface area is 138 Å². The minimum atomic E-state index is -1.36. The SMILES string of the molecule is CC(=O)O[C@H]1[C@H](O)[C@H](OC(=O)c2ccccc2)C=C[C@@H]1OC(C)=O. The van der Waals surface area contributed by atoms with Gasteiger partial charge in [-0.25, -0.2) is 4.79 Å². The second kappa shape index (κ2) is 7.74. The lowest BCUT2D eigenvalue weighted by molar-refractivity contribution is -0.177. The van der Waals surface area contributed by atoms with Crippen LogP contribution >= 0.6 is 0 Å². The molecule has 1 aliphatic rings. The molecule has 0 radical (unpaired) electrons. The molecule has 0 heterocycles. The van der Waals surface area contributed by atoms with Crippen molar-refractivity contribution in [2.45, 2.75) is 38.3 Å². The Morgan fingerprint density at radius 2 is 1.46 bits per heavy atom. The van der Waals surface area contributed by atoms with Gasteiger partial charge in [0.15, 0.2) is 18.3 Å². The van der Waals surface area contributed by atoms with E-state index in [2.05, 4.69) is 0 Å². The number of hydrogen-bond donors (Lipinski definition) is 1. The molecule has 1 aliphatic carbocycles. The highest BCUT2D eigenvalue weighted by atomic mass is 16.6. The first-order valence-corrected chi connectivity index (χ1v) is 7.35. The zero-order valence-corrected chi connectivity index (χ0v) is 13.2. The van der Waals surface area contributed by atoms with E-state index >= 15 is 0 Å². The maximum Gasteiger partial charge on any atom is 0.338 e. The molecular formula is C17H18O7. The maximum atomic E-state index is 12.1. The van der Waals surface area contributed by atoms with Crippen LogP contribution in [0.5, 0.6) is 0 Å². The van der Waals surface area contributed by atoms with Gasteiger partial charge in [-0.1, -0.05) is 18.2 Å². The number of rotatable bonds is 4. The Balaban J connectivity index is 2.15. The number of aliphatic hydroxyl groups is 1. The lowest BCUT2D eigenvalue weighted by Gasteiger charge is -2.34. The van der Waals surface area contributed by atoms with E-state index in [0.717, 1.165) is 0 Å². The number of carbonyl (C=O) groups is 3. The van der Waals surface area contributed by atoms with Gasteiger partial charge in [0.2, 0.25) is 0 Å². The van der Waals surface area contributed by atoms with Gasteiger partial charge in [-0.3, -0.25) is 9.59 Å². The molecule has 7 nitrogen and oxygen atoms in total. The van der Waals surface area contributed by atoms with E-state index in [0.29, 0.717) is 5.56 Å². The number of aliphatic hydroxyl groups excluding tert-OH is 1. The molecule has 1 aromatic carbocycles. The molecule has 0 unspecified atom stereocenters. The summed E-state index contributed by atoms with van der Waals surface area (Å²) >= 11 is 0. The summed E-state index contributed by atoms with van der Waals surface area (Å²) in [5.74, 6) is -1.87. The molecule has 0 bridgehead atoms. The summed E-state index contributed by atoms with van der Waals surface area (Å²) in [4.78, 5) is 34.5. The van der Waals surface area contributed by atoms with Crippen molar-refractivity contribution < 1.29 is 33.7 Å². The van der Waals surface area contributed by atoms with Crippen molar-refractivity contribution in [1.82, 2.24) is 0 Å². The normalized spacial score (nSPS) is 25.6. The van der Waals surface area contributed by atoms with E-state index in [1.807, 2.05) is 0 Å². The molecule has 1 N–H and O–H groups in total. The van der Waals surface area contributed by atoms with Gasteiger partial charge in [0.05, 0.1) is 5.56 Å². The number of benzene rings is 1. The van der Waals surface area contributed by atoms with Crippen molar-refractivity contribution in [2.75, 3.05) is 0 Å². The molecular weight excluding hydrogens is 316 g/mol. The molecule has 0 saturated carbocycles. The van der Waals surface area contributed by atoms with E-state index in [-0.39, 0.29) is 0 Å². The quantitative estimate of drug-likeness (QED) is 0.498. The Hall–Kier alpha value is -2.67. The van der Waals surface area contributed by atoms with Gasteiger partial charge in [-0.15, -0.1) is 0 Å². The minimum Gasteiger partial charge on any atom is -0.455 e. The van der Waals surface area contributed by atoms with Crippen LogP contribution in [-0.4, -0.2) is 47.4 Å². The van der Waals surface area contributed by atoms with Crippen LogP contribution in [0.4, 0.5) is 0 Å². The fourth-order valence-electron chi connectivity index (χ4n) is 2.32. The van der Waals surface area contributed by atoms with Crippen LogP contribution in [-0.2, 0) is 23.8 Å². The molecule has 7 heteroatoms. The molecule has 1 aromatic rings. The number of hydrogen-bond acceptors (Lipinski definition) is 7. The van der Waals surface area contributed by atoms with Crippen molar-refractivity contribution in [3.63, 3.8) is 0 Å². The number of ether oxygens (including phenoxy) is 3. The van der Waals surface area contributed by atoms with Crippen molar-refractivity contribution >= 4 is 17.9 Å². The van der Waals surface area contributed by atoms with Crippen LogP contribution in [0.25, 0.3) is 0 Å². The first kappa shape index (κ1) is 17.7. The molecule has 0 fully saturated rings. The predicted octanol–water partition coefficient (Wildman–Crippen LogP) is 1.01. The van der Waals surface area contributed by atoms with Crippen LogP contribution in [0.1, 0.15) is 24.2 Å². The molecule has 0 saturated heterocycles. The molecule has 0 aliphatic heterocycles. The third kappa shape index (κ3) is 4.42. The summed E-state index contributed by atoms with van der Waals surface area (Å²) in [5, 5.41) is 10.4.